The van der Waals surface area contributed by atoms with Gasteiger partial charge in [-0.1, -0.05) is 18.2 Å². The number of benzene rings is 1. The lowest BCUT2D eigenvalue weighted by molar-refractivity contribution is 0.180. The Morgan fingerprint density at radius 1 is 1.38 bits per heavy atom. The Balaban J connectivity index is 1.99. The Morgan fingerprint density at radius 3 is 2.81 bits per heavy atom. The highest BCUT2D eigenvalue weighted by molar-refractivity contribution is 5.30. The summed E-state index contributed by atoms with van der Waals surface area (Å²) in [6.07, 6.45) is 2.08. The van der Waals surface area contributed by atoms with Gasteiger partial charge in [-0.3, -0.25) is 0 Å². The van der Waals surface area contributed by atoms with E-state index in [0.29, 0.717) is 5.92 Å². The van der Waals surface area contributed by atoms with Crippen molar-refractivity contribution in [2.45, 2.75) is 32.7 Å². The van der Waals surface area contributed by atoms with Crippen LogP contribution in [0.2, 0.25) is 0 Å². The largest absolute Gasteiger partial charge is 0.381 e. The topological polar surface area (TPSA) is 35.2 Å². The van der Waals surface area contributed by atoms with E-state index in [-0.39, 0.29) is 6.04 Å². The molecule has 2 unspecified atom stereocenters. The predicted octanol–water partition coefficient (Wildman–Crippen LogP) is 2.21. The van der Waals surface area contributed by atoms with Crippen molar-refractivity contribution in [1.82, 2.24) is 0 Å². The highest BCUT2D eigenvalue weighted by atomic mass is 16.5. The van der Waals surface area contributed by atoms with E-state index in [1.165, 1.54) is 16.7 Å². The Morgan fingerprint density at radius 2 is 2.19 bits per heavy atom. The molecule has 2 N–H and O–H groups in total. The number of rotatable bonds is 3. The quantitative estimate of drug-likeness (QED) is 0.846. The summed E-state index contributed by atoms with van der Waals surface area (Å²) < 4.78 is 5.38. The molecule has 16 heavy (non-hydrogen) atoms. The molecule has 1 saturated heterocycles. The van der Waals surface area contributed by atoms with Crippen molar-refractivity contribution in [2.75, 3.05) is 13.2 Å². The molecule has 2 atom stereocenters. The fourth-order valence-electron chi connectivity index (χ4n) is 2.26. The molecule has 2 rings (SSSR count). The lowest BCUT2D eigenvalue weighted by Crippen LogP contribution is -2.32. The second-order valence-electron chi connectivity index (χ2n) is 4.91. The van der Waals surface area contributed by atoms with Crippen LogP contribution in [0.3, 0.4) is 0 Å². The van der Waals surface area contributed by atoms with E-state index >= 15 is 0 Å². The summed E-state index contributed by atoms with van der Waals surface area (Å²) in [5.41, 5.74) is 10.3. The minimum Gasteiger partial charge on any atom is -0.381 e. The summed E-state index contributed by atoms with van der Waals surface area (Å²) in [5.74, 6) is 0.543. The zero-order chi connectivity index (χ0) is 11.5. The van der Waals surface area contributed by atoms with E-state index in [4.69, 9.17) is 10.5 Å². The second kappa shape index (κ2) is 4.98. The van der Waals surface area contributed by atoms with E-state index in [0.717, 1.165) is 26.1 Å². The lowest BCUT2D eigenvalue weighted by atomic mass is 9.92. The minimum atomic E-state index is 0.240. The van der Waals surface area contributed by atoms with Gasteiger partial charge < -0.3 is 10.5 Å². The summed E-state index contributed by atoms with van der Waals surface area (Å²) >= 11 is 0. The molecule has 2 heteroatoms. The molecule has 1 fully saturated rings. The molecule has 0 aliphatic carbocycles. The highest BCUT2D eigenvalue weighted by Gasteiger charge is 2.22. The third-order valence-corrected chi connectivity index (χ3v) is 3.61. The van der Waals surface area contributed by atoms with Gasteiger partial charge in [-0.25, -0.2) is 0 Å². The van der Waals surface area contributed by atoms with Gasteiger partial charge in [0.15, 0.2) is 0 Å². The maximum atomic E-state index is 6.22. The summed E-state index contributed by atoms with van der Waals surface area (Å²) in [5, 5.41) is 0. The Bertz CT molecular complexity index is 356. The summed E-state index contributed by atoms with van der Waals surface area (Å²) in [6.45, 7) is 6.02. The maximum absolute atomic E-state index is 6.22. The molecule has 0 amide bonds. The molecule has 0 radical (unpaired) electrons. The normalized spacial score (nSPS) is 22.3. The summed E-state index contributed by atoms with van der Waals surface area (Å²) in [4.78, 5) is 0. The van der Waals surface area contributed by atoms with E-state index in [9.17, 15) is 0 Å². The van der Waals surface area contributed by atoms with Crippen LogP contribution in [0.4, 0.5) is 0 Å². The van der Waals surface area contributed by atoms with Crippen LogP contribution in [-0.4, -0.2) is 19.3 Å². The van der Waals surface area contributed by atoms with Crippen LogP contribution >= 0.6 is 0 Å². The Kier molecular flexibility index (Phi) is 3.62. The van der Waals surface area contributed by atoms with Crippen molar-refractivity contribution in [1.29, 1.82) is 0 Å². The number of ether oxygens (including phenoxy) is 1. The molecule has 1 heterocycles. The molecular formula is C14H21NO. The van der Waals surface area contributed by atoms with Gasteiger partial charge in [0.25, 0.3) is 0 Å². The lowest BCUT2D eigenvalue weighted by Gasteiger charge is -2.18. The first-order chi connectivity index (χ1) is 7.66. The van der Waals surface area contributed by atoms with Crippen LogP contribution in [-0.2, 0) is 11.2 Å². The zero-order valence-electron chi connectivity index (χ0n) is 10.2. The standard InChI is InChI=1S/C14H21NO/c1-10-3-4-12(7-11(10)2)8-14(15)13-5-6-16-9-13/h3-4,7,13-14H,5-6,8-9,15H2,1-2H3. The number of nitrogens with two attached hydrogens (primary N) is 1. The van der Waals surface area contributed by atoms with Crippen molar-refractivity contribution < 1.29 is 4.74 Å². The molecule has 1 aromatic carbocycles. The van der Waals surface area contributed by atoms with E-state index in [2.05, 4.69) is 32.0 Å². The zero-order valence-corrected chi connectivity index (χ0v) is 10.2. The van der Waals surface area contributed by atoms with E-state index in [1.807, 2.05) is 0 Å². The van der Waals surface area contributed by atoms with Gasteiger partial charge >= 0.3 is 0 Å². The highest BCUT2D eigenvalue weighted by Crippen LogP contribution is 2.19. The molecule has 1 aromatic rings. The molecule has 0 spiro atoms. The molecule has 0 aromatic heterocycles. The van der Waals surface area contributed by atoms with E-state index < -0.39 is 0 Å². The smallest absolute Gasteiger partial charge is 0.0510 e. The van der Waals surface area contributed by atoms with Gasteiger partial charge in [0.2, 0.25) is 0 Å². The van der Waals surface area contributed by atoms with Crippen LogP contribution in [0.5, 0.6) is 0 Å². The number of hydrogen-bond donors (Lipinski definition) is 1. The monoisotopic (exact) mass is 219 g/mol. The fourth-order valence-corrected chi connectivity index (χ4v) is 2.26. The number of hydrogen-bond acceptors (Lipinski definition) is 2. The fraction of sp³-hybridized carbons (Fsp3) is 0.571. The molecule has 1 aliphatic rings. The van der Waals surface area contributed by atoms with Crippen molar-refractivity contribution >= 4 is 0 Å². The molecule has 1 aliphatic heterocycles. The summed E-state index contributed by atoms with van der Waals surface area (Å²) in [6, 6.07) is 6.87. The van der Waals surface area contributed by atoms with Crippen molar-refractivity contribution in [3.63, 3.8) is 0 Å². The van der Waals surface area contributed by atoms with Gasteiger partial charge in [0.1, 0.15) is 0 Å². The van der Waals surface area contributed by atoms with Gasteiger partial charge in [0.05, 0.1) is 6.61 Å². The molecular weight excluding hydrogens is 198 g/mol. The third-order valence-electron chi connectivity index (χ3n) is 3.61. The summed E-state index contributed by atoms with van der Waals surface area (Å²) in [7, 11) is 0. The van der Waals surface area contributed by atoms with Crippen molar-refractivity contribution in [3.8, 4) is 0 Å². The van der Waals surface area contributed by atoms with Crippen LogP contribution in [0.25, 0.3) is 0 Å². The maximum Gasteiger partial charge on any atom is 0.0510 e. The van der Waals surface area contributed by atoms with Crippen molar-refractivity contribution in [3.05, 3.63) is 34.9 Å². The Hall–Kier alpha value is -0.860. The Labute approximate surface area is 97.8 Å². The second-order valence-corrected chi connectivity index (χ2v) is 4.91. The van der Waals surface area contributed by atoms with E-state index in [1.54, 1.807) is 0 Å². The molecule has 0 bridgehead atoms. The molecule has 88 valence electrons. The average Bonchev–Trinajstić information content (AvgIpc) is 2.77. The first kappa shape index (κ1) is 11.6. The average molecular weight is 219 g/mol. The van der Waals surface area contributed by atoms with Gasteiger partial charge in [-0.15, -0.1) is 0 Å². The van der Waals surface area contributed by atoms with Crippen LogP contribution in [0.15, 0.2) is 18.2 Å². The molecule has 0 saturated carbocycles. The first-order valence-electron chi connectivity index (χ1n) is 6.06. The minimum absolute atomic E-state index is 0.240. The number of aryl methyl sites for hydroxylation is 2. The third kappa shape index (κ3) is 2.63. The predicted molar refractivity (Wildman–Crippen MR) is 66.5 cm³/mol. The van der Waals surface area contributed by atoms with Crippen LogP contribution < -0.4 is 5.73 Å². The van der Waals surface area contributed by atoms with Crippen LogP contribution in [0.1, 0.15) is 23.1 Å². The molecule has 2 nitrogen and oxygen atoms in total. The SMILES string of the molecule is Cc1ccc(CC(N)C2CCOC2)cc1C. The van der Waals surface area contributed by atoms with Crippen LogP contribution in [0, 0.1) is 19.8 Å². The van der Waals surface area contributed by atoms with Gasteiger partial charge in [-0.05, 0) is 49.3 Å². The van der Waals surface area contributed by atoms with Crippen molar-refractivity contribution in [2.24, 2.45) is 11.7 Å². The van der Waals surface area contributed by atoms with Gasteiger partial charge in [-0.2, -0.15) is 0 Å². The first-order valence-corrected chi connectivity index (χ1v) is 6.06. The van der Waals surface area contributed by atoms with Gasteiger partial charge in [0, 0.05) is 12.6 Å².